The highest BCUT2D eigenvalue weighted by Gasteiger charge is 2.31. The number of thiophene rings is 1. The molecule has 142 valence electrons. The van der Waals surface area contributed by atoms with E-state index in [2.05, 4.69) is 9.80 Å². The first-order chi connectivity index (χ1) is 12.6. The van der Waals surface area contributed by atoms with Crippen molar-refractivity contribution in [2.75, 3.05) is 39.3 Å². The molecule has 1 atom stereocenters. The molecule has 2 aromatic rings. The monoisotopic (exact) mass is 377 g/mol. The van der Waals surface area contributed by atoms with Crippen LogP contribution in [0, 0.1) is 6.92 Å². The van der Waals surface area contributed by atoms with Gasteiger partial charge in [-0.15, -0.1) is 11.3 Å². The molecule has 0 aliphatic carbocycles. The van der Waals surface area contributed by atoms with Crippen LogP contribution in [0.5, 0.6) is 5.75 Å². The van der Waals surface area contributed by atoms with Gasteiger partial charge in [0.1, 0.15) is 5.75 Å². The number of aromatic nitrogens is 1. The maximum atomic E-state index is 13.1. The minimum atomic E-state index is -0.239. The highest BCUT2D eigenvalue weighted by Crippen LogP contribution is 2.35. The van der Waals surface area contributed by atoms with Crippen molar-refractivity contribution in [1.82, 2.24) is 14.4 Å². The van der Waals surface area contributed by atoms with Crippen LogP contribution in [0.3, 0.4) is 0 Å². The number of aliphatic hydroxyl groups is 1. The summed E-state index contributed by atoms with van der Waals surface area (Å²) in [6, 6.07) is 5.48. The molecule has 0 bridgehead atoms. The van der Waals surface area contributed by atoms with E-state index >= 15 is 0 Å². The molecule has 0 aromatic carbocycles. The summed E-state index contributed by atoms with van der Waals surface area (Å²) in [7, 11) is 0. The van der Waals surface area contributed by atoms with Gasteiger partial charge in [-0.3, -0.25) is 14.6 Å². The Morgan fingerprint density at radius 2 is 2.00 bits per heavy atom. The fourth-order valence-corrected chi connectivity index (χ4v) is 4.62. The topological polar surface area (TPSA) is 68.9 Å². The first-order valence-electron chi connectivity index (χ1n) is 9.10. The number of pyridine rings is 1. The molecule has 6 nitrogen and oxygen atoms in total. The normalized spacial score (nSPS) is 17.5. The lowest BCUT2D eigenvalue weighted by atomic mass is 10.0. The molecule has 0 saturated carbocycles. The molecule has 1 aliphatic rings. The second-order valence-electron chi connectivity index (χ2n) is 6.65. The van der Waals surface area contributed by atoms with Crippen molar-refractivity contribution in [2.45, 2.75) is 26.4 Å². The largest absolute Gasteiger partial charge is 0.507 e. The molecule has 1 aliphatic heterocycles. The number of nitrogens with zero attached hydrogens (tertiary/aromatic N) is 3. The van der Waals surface area contributed by atoms with Crippen molar-refractivity contribution in [3.05, 3.63) is 50.1 Å². The van der Waals surface area contributed by atoms with Crippen LogP contribution in [0.2, 0.25) is 0 Å². The molecule has 1 fully saturated rings. The SMILES string of the molecule is CCn1c(C)cc(O)c(C(c2cccs2)N2CCN(CCO)CC2)c1=O. The third-order valence-corrected chi connectivity index (χ3v) is 6.04. The van der Waals surface area contributed by atoms with E-state index in [1.807, 2.05) is 31.4 Å². The molecule has 0 radical (unpaired) electrons. The molecule has 3 heterocycles. The van der Waals surface area contributed by atoms with E-state index in [0.29, 0.717) is 18.7 Å². The highest BCUT2D eigenvalue weighted by molar-refractivity contribution is 7.10. The predicted octanol–water partition coefficient (Wildman–Crippen LogP) is 1.64. The number of piperazine rings is 1. The maximum absolute atomic E-state index is 13.1. The Hall–Kier alpha value is -1.67. The van der Waals surface area contributed by atoms with E-state index in [0.717, 1.165) is 36.8 Å². The summed E-state index contributed by atoms with van der Waals surface area (Å²) in [4.78, 5) is 18.7. The second-order valence-corrected chi connectivity index (χ2v) is 7.63. The number of hydrogen-bond acceptors (Lipinski definition) is 6. The Morgan fingerprint density at radius 3 is 2.58 bits per heavy atom. The molecule has 1 saturated heterocycles. The lowest BCUT2D eigenvalue weighted by Crippen LogP contribution is -2.49. The fraction of sp³-hybridized carbons (Fsp3) is 0.526. The molecule has 2 N–H and O–H groups in total. The lowest BCUT2D eigenvalue weighted by molar-refractivity contribution is 0.0941. The molecule has 7 heteroatoms. The Labute approximate surface area is 157 Å². The third kappa shape index (κ3) is 3.71. The summed E-state index contributed by atoms with van der Waals surface area (Å²) in [6.07, 6.45) is 0. The van der Waals surface area contributed by atoms with Crippen LogP contribution in [0.25, 0.3) is 0 Å². The minimum Gasteiger partial charge on any atom is -0.507 e. The summed E-state index contributed by atoms with van der Waals surface area (Å²) < 4.78 is 1.72. The molecule has 1 unspecified atom stereocenters. The van der Waals surface area contributed by atoms with Crippen molar-refractivity contribution < 1.29 is 10.2 Å². The number of aryl methyl sites for hydroxylation is 1. The summed E-state index contributed by atoms with van der Waals surface area (Å²) in [5.41, 5.74) is 1.13. The molecule has 26 heavy (non-hydrogen) atoms. The molecular formula is C19H27N3O3S. The molecular weight excluding hydrogens is 350 g/mol. The number of hydrogen-bond donors (Lipinski definition) is 2. The standard InChI is InChI=1S/C19H27N3O3S/c1-3-22-14(2)13-15(24)17(19(22)25)18(16-5-4-12-26-16)21-8-6-20(7-9-21)10-11-23/h4-5,12-13,18,23-24H,3,6-11H2,1-2H3. The van der Waals surface area contributed by atoms with Gasteiger partial charge < -0.3 is 14.8 Å². The van der Waals surface area contributed by atoms with E-state index in [1.54, 1.807) is 22.0 Å². The van der Waals surface area contributed by atoms with Crippen LogP contribution in [0.1, 0.15) is 29.1 Å². The average molecular weight is 378 g/mol. The average Bonchev–Trinajstić information content (AvgIpc) is 3.14. The number of aromatic hydroxyl groups is 1. The minimum absolute atomic E-state index is 0.0772. The van der Waals surface area contributed by atoms with E-state index in [4.69, 9.17) is 5.11 Å². The van der Waals surface area contributed by atoms with Crippen molar-refractivity contribution in [3.8, 4) is 5.75 Å². The Balaban J connectivity index is 2.01. The highest BCUT2D eigenvalue weighted by atomic mass is 32.1. The van der Waals surface area contributed by atoms with E-state index in [1.165, 1.54) is 0 Å². The fourth-order valence-electron chi connectivity index (χ4n) is 3.76. The smallest absolute Gasteiger partial charge is 0.259 e. The Bertz CT molecular complexity index is 780. The van der Waals surface area contributed by atoms with Crippen LogP contribution in [-0.2, 0) is 6.54 Å². The number of β-amino-alcohol motifs (C(OH)–C–C–N with tert-alkyl or cyclic N) is 1. The summed E-state index contributed by atoms with van der Waals surface area (Å²) in [5.74, 6) is 0.0772. The molecule has 2 aromatic heterocycles. The van der Waals surface area contributed by atoms with Gasteiger partial charge in [-0.05, 0) is 31.4 Å². The quantitative estimate of drug-likeness (QED) is 0.801. The van der Waals surface area contributed by atoms with Gasteiger partial charge in [0.2, 0.25) is 0 Å². The molecule has 0 amide bonds. The van der Waals surface area contributed by atoms with Crippen molar-refractivity contribution in [1.29, 1.82) is 0 Å². The van der Waals surface area contributed by atoms with Crippen LogP contribution in [0.4, 0.5) is 0 Å². The number of aliphatic hydroxyl groups excluding tert-OH is 1. The van der Waals surface area contributed by atoms with E-state index in [-0.39, 0.29) is 24.0 Å². The van der Waals surface area contributed by atoms with Crippen molar-refractivity contribution in [3.63, 3.8) is 0 Å². The van der Waals surface area contributed by atoms with Gasteiger partial charge in [-0.25, -0.2) is 0 Å². The maximum Gasteiger partial charge on any atom is 0.259 e. The first kappa shape index (κ1) is 19.1. The zero-order chi connectivity index (χ0) is 18.7. The third-order valence-electron chi connectivity index (χ3n) is 5.11. The van der Waals surface area contributed by atoms with Gasteiger partial charge in [0.25, 0.3) is 5.56 Å². The Morgan fingerprint density at radius 1 is 1.27 bits per heavy atom. The van der Waals surface area contributed by atoms with E-state index < -0.39 is 0 Å². The predicted molar refractivity (Wildman–Crippen MR) is 104 cm³/mol. The van der Waals surface area contributed by atoms with Crippen molar-refractivity contribution >= 4 is 11.3 Å². The van der Waals surface area contributed by atoms with Gasteiger partial charge in [0.15, 0.2) is 0 Å². The van der Waals surface area contributed by atoms with Gasteiger partial charge in [0, 0.05) is 49.8 Å². The van der Waals surface area contributed by atoms with Crippen molar-refractivity contribution in [2.24, 2.45) is 0 Å². The Kier molecular flexibility index (Phi) is 6.13. The zero-order valence-electron chi connectivity index (χ0n) is 15.4. The second kappa shape index (κ2) is 8.35. The lowest BCUT2D eigenvalue weighted by Gasteiger charge is -2.39. The molecule has 3 rings (SSSR count). The zero-order valence-corrected chi connectivity index (χ0v) is 16.2. The van der Waals surface area contributed by atoms with Crippen LogP contribution >= 0.6 is 11.3 Å². The first-order valence-corrected chi connectivity index (χ1v) is 9.98. The van der Waals surface area contributed by atoms with Crippen LogP contribution < -0.4 is 5.56 Å². The van der Waals surface area contributed by atoms with Gasteiger partial charge in [-0.1, -0.05) is 6.07 Å². The summed E-state index contributed by atoms with van der Waals surface area (Å²) >= 11 is 1.61. The van der Waals surface area contributed by atoms with Crippen LogP contribution in [0.15, 0.2) is 28.4 Å². The summed E-state index contributed by atoms with van der Waals surface area (Å²) in [5, 5.41) is 21.8. The van der Waals surface area contributed by atoms with Gasteiger partial charge in [-0.2, -0.15) is 0 Å². The van der Waals surface area contributed by atoms with Gasteiger partial charge in [0.05, 0.1) is 18.2 Å². The van der Waals surface area contributed by atoms with Crippen LogP contribution in [-0.4, -0.2) is 63.9 Å². The molecule has 0 spiro atoms. The summed E-state index contributed by atoms with van der Waals surface area (Å²) in [6.45, 7) is 8.49. The van der Waals surface area contributed by atoms with E-state index in [9.17, 15) is 9.90 Å². The number of rotatable bonds is 6. The van der Waals surface area contributed by atoms with Gasteiger partial charge >= 0.3 is 0 Å².